The molecule has 6 heteroatoms. The molecule has 122 valence electrons. The molecule has 5 nitrogen and oxygen atoms in total. The van der Waals surface area contributed by atoms with E-state index in [0.29, 0.717) is 23.8 Å². The Kier molecular flexibility index (Phi) is 5.06. The van der Waals surface area contributed by atoms with E-state index in [0.717, 1.165) is 23.8 Å². The van der Waals surface area contributed by atoms with E-state index in [1.54, 1.807) is 0 Å². The Morgan fingerprint density at radius 2 is 1.95 bits per heavy atom. The molecule has 1 amide bonds. The Labute approximate surface area is 136 Å². The van der Waals surface area contributed by atoms with Gasteiger partial charge in [0.15, 0.2) is 5.16 Å². The summed E-state index contributed by atoms with van der Waals surface area (Å²) in [7, 11) is 0. The van der Waals surface area contributed by atoms with Crippen molar-refractivity contribution in [2.24, 2.45) is 0 Å². The van der Waals surface area contributed by atoms with Crippen LogP contribution in [0.5, 0.6) is 0 Å². The molecule has 2 aliphatic carbocycles. The van der Waals surface area contributed by atoms with Gasteiger partial charge in [0.2, 0.25) is 5.91 Å². The Morgan fingerprint density at radius 3 is 2.59 bits per heavy atom. The molecule has 0 aromatic carbocycles. The summed E-state index contributed by atoms with van der Waals surface area (Å²) in [6.45, 7) is 4.31. The number of hydrogen-bond donors (Lipinski definition) is 1. The molecular weight excluding hydrogens is 296 g/mol. The summed E-state index contributed by atoms with van der Waals surface area (Å²) in [5.74, 6) is 2.25. The Balaban J connectivity index is 1.55. The van der Waals surface area contributed by atoms with E-state index >= 15 is 0 Å². The van der Waals surface area contributed by atoms with Crippen LogP contribution in [0.1, 0.15) is 76.6 Å². The molecule has 0 spiro atoms. The second kappa shape index (κ2) is 7.02. The van der Waals surface area contributed by atoms with Crippen LogP contribution >= 0.6 is 11.8 Å². The molecule has 3 rings (SSSR count). The summed E-state index contributed by atoms with van der Waals surface area (Å²) < 4.78 is 2.20. The van der Waals surface area contributed by atoms with Crippen LogP contribution in [0.2, 0.25) is 0 Å². The number of aromatic nitrogens is 3. The monoisotopic (exact) mass is 322 g/mol. The highest BCUT2D eigenvalue weighted by atomic mass is 32.2. The molecule has 2 saturated carbocycles. The molecule has 2 aliphatic rings. The summed E-state index contributed by atoms with van der Waals surface area (Å²) in [4.78, 5) is 12.1. The van der Waals surface area contributed by atoms with Gasteiger partial charge in [-0.1, -0.05) is 31.0 Å². The van der Waals surface area contributed by atoms with E-state index in [-0.39, 0.29) is 5.91 Å². The van der Waals surface area contributed by atoms with Crippen LogP contribution in [-0.2, 0) is 4.79 Å². The SMILES string of the molecule is CC(C)n1c(SCC(=O)NC2CCCCC2)nnc1C1CC1. The lowest BCUT2D eigenvalue weighted by Crippen LogP contribution is -2.37. The first-order valence-electron chi connectivity index (χ1n) is 8.52. The zero-order chi connectivity index (χ0) is 15.5. The molecule has 0 saturated heterocycles. The molecule has 1 aromatic heterocycles. The van der Waals surface area contributed by atoms with E-state index in [1.165, 1.54) is 43.9 Å². The minimum atomic E-state index is 0.128. The molecule has 0 unspecified atom stereocenters. The molecule has 22 heavy (non-hydrogen) atoms. The number of amides is 1. The van der Waals surface area contributed by atoms with Gasteiger partial charge in [-0.15, -0.1) is 10.2 Å². The van der Waals surface area contributed by atoms with E-state index in [4.69, 9.17) is 0 Å². The zero-order valence-corrected chi connectivity index (χ0v) is 14.4. The number of carbonyl (C=O) groups excluding carboxylic acids is 1. The first kappa shape index (κ1) is 15.8. The number of nitrogens with zero attached hydrogens (tertiary/aromatic N) is 3. The second-order valence-corrected chi connectivity index (χ2v) is 7.71. The van der Waals surface area contributed by atoms with Gasteiger partial charge in [0, 0.05) is 18.0 Å². The lowest BCUT2D eigenvalue weighted by molar-refractivity contribution is -0.119. The van der Waals surface area contributed by atoms with Gasteiger partial charge in [0.05, 0.1) is 5.75 Å². The quantitative estimate of drug-likeness (QED) is 0.817. The van der Waals surface area contributed by atoms with Crippen molar-refractivity contribution < 1.29 is 4.79 Å². The van der Waals surface area contributed by atoms with Crippen molar-refractivity contribution in [3.05, 3.63) is 5.82 Å². The third kappa shape index (κ3) is 3.83. The summed E-state index contributed by atoms with van der Waals surface area (Å²) in [6, 6.07) is 0.723. The van der Waals surface area contributed by atoms with Crippen molar-refractivity contribution in [1.82, 2.24) is 20.1 Å². The van der Waals surface area contributed by atoms with E-state index in [1.807, 2.05) is 0 Å². The fourth-order valence-corrected chi connectivity index (χ4v) is 4.02. The minimum Gasteiger partial charge on any atom is -0.353 e. The molecule has 0 aliphatic heterocycles. The van der Waals surface area contributed by atoms with Gasteiger partial charge in [-0.05, 0) is 39.5 Å². The maximum Gasteiger partial charge on any atom is 0.230 e. The van der Waals surface area contributed by atoms with Crippen LogP contribution in [-0.4, -0.2) is 32.5 Å². The first-order valence-corrected chi connectivity index (χ1v) is 9.50. The molecule has 0 radical (unpaired) electrons. The summed E-state index contributed by atoms with van der Waals surface area (Å²) in [5, 5.41) is 12.7. The van der Waals surface area contributed by atoms with E-state index < -0.39 is 0 Å². The zero-order valence-electron chi connectivity index (χ0n) is 13.5. The van der Waals surface area contributed by atoms with Crippen LogP contribution in [0.3, 0.4) is 0 Å². The van der Waals surface area contributed by atoms with Gasteiger partial charge in [-0.25, -0.2) is 0 Å². The lowest BCUT2D eigenvalue weighted by Gasteiger charge is -2.22. The molecular formula is C16H26N4OS. The van der Waals surface area contributed by atoms with Gasteiger partial charge in [-0.3, -0.25) is 4.79 Å². The minimum absolute atomic E-state index is 0.128. The van der Waals surface area contributed by atoms with Gasteiger partial charge in [0.25, 0.3) is 0 Å². The van der Waals surface area contributed by atoms with Gasteiger partial charge < -0.3 is 9.88 Å². The van der Waals surface area contributed by atoms with E-state index in [9.17, 15) is 4.79 Å². The number of nitrogens with one attached hydrogen (secondary N) is 1. The first-order chi connectivity index (χ1) is 10.6. The van der Waals surface area contributed by atoms with Crippen molar-refractivity contribution in [2.75, 3.05) is 5.75 Å². The highest BCUT2D eigenvalue weighted by Crippen LogP contribution is 2.41. The third-order valence-electron chi connectivity index (χ3n) is 4.45. The highest BCUT2D eigenvalue weighted by molar-refractivity contribution is 7.99. The van der Waals surface area contributed by atoms with Gasteiger partial charge in [-0.2, -0.15) is 0 Å². The molecule has 0 atom stereocenters. The average molecular weight is 322 g/mol. The topological polar surface area (TPSA) is 59.8 Å². The van der Waals surface area contributed by atoms with Crippen LogP contribution in [0.15, 0.2) is 5.16 Å². The van der Waals surface area contributed by atoms with Crippen LogP contribution in [0.25, 0.3) is 0 Å². The maximum absolute atomic E-state index is 12.1. The predicted molar refractivity (Wildman–Crippen MR) is 88.1 cm³/mol. The summed E-state index contributed by atoms with van der Waals surface area (Å²) in [5.41, 5.74) is 0. The van der Waals surface area contributed by atoms with Crippen molar-refractivity contribution in [3.8, 4) is 0 Å². The molecule has 0 bridgehead atoms. The lowest BCUT2D eigenvalue weighted by atomic mass is 9.95. The van der Waals surface area contributed by atoms with Crippen molar-refractivity contribution in [2.45, 2.75) is 82.0 Å². The van der Waals surface area contributed by atoms with Gasteiger partial charge in [0.1, 0.15) is 5.82 Å². The van der Waals surface area contributed by atoms with Crippen molar-refractivity contribution in [3.63, 3.8) is 0 Å². The van der Waals surface area contributed by atoms with Crippen molar-refractivity contribution in [1.29, 1.82) is 0 Å². The molecule has 1 heterocycles. The van der Waals surface area contributed by atoms with Crippen molar-refractivity contribution >= 4 is 17.7 Å². The van der Waals surface area contributed by atoms with Gasteiger partial charge >= 0.3 is 0 Å². The summed E-state index contributed by atoms with van der Waals surface area (Å²) >= 11 is 1.52. The average Bonchev–Trinajstić information content (AvgIpc) is 3.25. The Bertz CT molecular complexity index is 518. The number of thioether (sulfide) groups is 1. The standard InChI is InChI=1S/C16H26N4OS/c1-11(2)20-15(12-8-9-12)18-19-16(20)22-10-14(21)17-13-6-4-3-5-7-13/h11-13H,3-10H2,1-2H3,(H,17,21). The largest absolute Gasteiger partial charge is 0.353 e. The number of hydrogen-bond acceptors (Lipinski definition) is 4. The second-order valence-electron chi connectivity index (χ2n) is 6.77. The summed E-state index contributed by atoms with van der Waals surface area (Å²) in [6.07, 6.45) is 8.49. The Morgan fingerprint density at radius 1 is 1.23 bits per heavy atom. The molecule has 2 fully saturated rings. The maximum atomic E-state index is 12.1. The molecule has 1 N–H and O–H groups in total. The molecule has 1 aromatic rings. The van der Waals surface area contributed by atoms with E-state index in [2.05, 4.69) is 33.9 Å². The van der Waals surface area contributed by atoms with Crippen LogP contribution < -0.4 is 5.32 Å². The normalized spacial score (nSPS) is 19.6. The highest BCUT2D eigenvalue weighted by Gasteiger charge is 2.31. The Hall–Kier alpha value is -1.04. The fraction of sp³-hybridized carbons (Fsp3) is 0.812. The predicted octanol–water partition coefficient (Wildman–Crippen LogP) is 3.28. The smallest absolute Gasteiger partial charge is 0.230 e. The van der Waals surface area contributed by atoms with Crippen LogP contribution in [0, 0.1) is 0 Å². The fourth-order valence-electron chi connectivity index (χ4n) is 3.14. The number of rotatable bonds is 6. The third-order valence-corrected chi connectivity index (χ3v) is 5.40. The van der Waals surface area contributed by atoms with Crippen LogP contribution in [0.4, 0.5) is 0 Å². The number of carbonyl (C=O) groups is 1.